The molecule has 0 saturated heterocycles. The third-order valence-corrected chi connectivity index (χ3v) is 2.89. The normalized spacial score (nSPS) is 12.6. The standard InChI is InChI=1S/C17H20O3/c1-4-8-13(5-2)11-14(18)12-16(19)15-9-6-7-10-17(15)20-3/h4-10,14,18H,1-2,11-12H2,3H3/b13-8+. The van der Waals surface area contributed by atoms with Crippen molar-refractivity contribution in [2.75, 3.05) is 7.11 Å². The van der Waals surface area contributed by atoms with E-state index in [4.69, 9.17) is 4.74 Å². The van der Waals surface area contributed by atoms with Crippen molar-refractivity contribution in [1.29, 1.82) is 0 Å². The Morgan fingerprint density at radius 3 is 2.65 bits per heavy atom. The van der Waals surface area contributed by atoms with Crippen LogP contribution in [0.25, 0.3) is 0 Å². The Hall–Kier alpha value is -2.13. The Labute approximate surface area is 119 Å². The van der Waals surface area contributed by atoms with Gasteiger partial charge in [0.1, 0.15) is 5.75 Å². The molecule has 0 amide bonds. The molecule has 1 atom stereocenters. The van der Waals surface area contributed by atoms with Crippen LogP contribution in [0, 0.1) is 0 Å². The van der Waals surface area contributed by atoms with E-state index < -0.39 is 6.10 Å². The molecule has 0 aliphatic heterocycles. The van der Waals surface area contributed by atoms with Crippen molar-refractivity contribution in [2.24, 2.45) is 0 Å². The van der Waals surface area contributed by atoms with Gasteiger partial charge in [0.15, 0.2) is 5.78 Å². The Kier molecular flexibility index (Phi) is 6.47. The van der Waals surface area contributed by atoms with Crippen molar-refractivity contribution in [3.63, 3.8) is 0 Å². The summed E-state index contributed by atoms with van der Waals surface area (Å²) in [4.78, 5) is 12.2. The van der Waals surface area contributed by atoms with Crippen molar-refractivity contribution in [3.05, 3.63) is 66.8 Å². The fourth-order valence-corrected chi connectivity index (χ4v) is 1.91. The predicted molar refractivity (Wildman–Crippen MR) is 81.0 cm³/mol. The van der Waals surface area contributed by atoms with Crippen LogP contribution in [0.5, 0.6) is 5.75 Å². The molecule has 0 aliphatic rings. The zero-order chi connectivity index (χ0) is 15.0. The number of benzene rings is 1. The lowest BCUT2D eigenvalue weighted by atomic mass is 9.99. The van der Waals surface area contributed by atoms with Crippen molar-refractivity contribution in [1.82, 2.24) is 0 Å². The summed E-state index contributed by atoms with van der Waals surface area (Å²) in [6.45, 7) is 7.26. The van der Waals surface area contributed by atoms with Gasteiger partial charge in [0.2, 0.25) is 0 Å². The maximum atomic E-state index is 12.2. The van der Waals surface area contributed by atoms with E-state index >= 15 is 0 Å². The first-order chi connectivity index (χ1) is 9.62. The zero-order valence-electron chi connectivity index (χ0n) is 11.7. The van der Waals surface area contributed by atoms with Crippen molar-refractivity contribution in [3.8, 4) is 5.75 Å². The van der Waals surface area contributed by atoms with Crippen LogP contribution in [0.3, 0.4) is 0 Å². The molecule has 0 fully saturated rings. The number of allylic oxidation sites excluding steroid dienone is 3. The van der Waals surface area contributed by atoms with Gasteiger partial charge in [-0.25, -0.2) is 0 Å². The van der Waals surface area contributed by atoms with E-state index in [2.05, 4.69) is 13.2 Å². The average molecular weight is 272 g/mol. The number of carbonyl (C=O) groups is 1. The molecule has 0 spiro atoms. The molecule has 0 aliphatic carbocycles. The maximum absolute atomic E-state index is 12.2. The zero-order valence-corrected chi connectivity index (χ0v) is 11.7. The highest BCUT2D eigenvalue weighted by Crippen LogP contribution is 2.21. The van der Waals surface area contributed by atoms with Gasteiger partial charge >= 0.3 is 0 Å². The van der Waals surface area contributed by atoms with E-state index in [-0.39, 0.29) is 12.2 Å². The van der Waals surface area contributed by atoms with E-state index in [1.807, 2.05) is 0 Å². The van der Waals surface area contributed by atoms with E-state index in [0.717, 1.165) is 5.57 Å². The first-order valence-corrected chi connectivity index (χ1v) is 6.40. The van der Waals surface area contributed by atoms with Gasteiger partial charge in [0.25, 0.3) is 0 Å². The number of hydrogen-bond donors (Lipinski definition) is 1. The maximum Gasteiger partial charge on any atom is 0.169 e. The van der Waals surface area contributed by atoms with Gasteiger partial charge in [-0.2, -0.15) is 0 Å². The number of Topliss-reactive ketones (excluding diaryl/α,β-unsaturated/α-hetero) is 1. The number of aliphatic hydroxyl groups excluding tert-OH is 1. The van der Waals surface area contributed by atoms with E-state index in [0.29, 0.717) is 17.7 Å². The summed E-state index contributed by atoms with van der Waals surface area (Å²) < 4.78 is 5.15. The monoisotopic (exact) mass is 272 g/mol. The van der Waals surface area contributed by atoms with Crippen molar-refractivity contribution in [2.45, 2.75) is 18.9 Å². The minimum absolute atomic E-state index is 0.0443. The number of ketones is 1. The summed E-state index contributed by atoms with van der Waals surface area (Å²) in [7, 11) is 1.52. The molecule has 20 heavy (non-hydrogen) atoms. The average Bonchev–Trinajstić information content (AvgIpc) is 2.46. The van der Waals surface area contributed by atoms with Gasteiger partial charge < -0.3 is 9.84 Å². The third-order valence-electron chi connectivity index (χ3n) is 2.89. The van der Waals surface area contributed by atoms with Crippen LogP contribution in [0.15, 0.2) is 61.2 Å². The van der Waals surface area contributed by atoms with Gasteiger partial charge in [-0.15, -0.1) is 0 Å². The predicted octanol–water partition coefficient (Wildman–Crippen LogP) is 3.32. The number of rotatable bonds is 8. The van der Waals surface area contributed by atoms with Crippen LogP contribution in [-0.4, -0.2) is 24.1 Å². The van der Waals surface area contributed by atoms with E-state index in [1.54, 1.807) is 42.5 Å². The van der Waals surface area contributed by atoms with Crippen molar-refractivity contribution >= 4 is 5.78 Å². The number of methoxy groups -OCH3 is 1. The second-order valence-electron chi connectivity index (χ2n) is 4.37. The smallest absolute Gasteiger partial charge is 0.169 e. The largest absolute Gasteiger partial charge is 0.496 e. The van der Waals surface area contributed by atoms with Crippen LogP contribution >= 0.6 is 0 Å². The minimum atomic E-state index is -0.753. The lowest BCUT2D eigenvalue weighted by Crippen LogP contribution is -2.14. The number of ether oxygens (including phenoxy) is 1. The Bertz CT molecular complexity index is 515. The lowest BCUT2D eigenvalue weighted by Gasteiger charge is -2.12. The Morgan fingerprint density at radius 2 is 2.05 bits per heavy atom. The molecule has 0 bridgehead atoms. The summed E-state index contributed by atoms with van der Waals surface area (Å²) in [5.74, 6) is 0.382. The quantitative estimate of drug-likeness (QED) is 0.583. The molecule has 0 aromatic heterocycles. The molecule has 0 saturated carbocycles. The molecule has 3 nitrogen and oxygen atoms in total. The van der Waals surface area contributed by atoms with Gasteiger partial charge in [0.05, 0.1) is 18.8 Å². The fourth-order valence-electron chi connectivity index (χ4n) is 1.91. The number of aliphatic hydroxyl groups is 1. The lowest BCUT2D eigenvalue weighted by molar-refractivity contribution is 0.0879. The molecule has 1 N–H and O–H groups in total. The first-order valence-electron chi connectivity index (χ1n) is 6.40. The van der Waals surface area contributed by atoms with Gasteiger partial charge in [-0.3, -0.25) is 4.79 Å². The Balaban J connectivity index is 2.72. The molecule has 0 radical (unpaired) electrons. The Morgan fingerprint density at radius 1 is 1.35 bits per heavy atom. The molecule has 1 aromatic rings. The number of carbonyl (C=O) groups excluding carboxylic acids is 1. The van der Waals surface area contributed by atoms with Crippen LogP contribution in [0.1, 0.15) is 23.2 Å². The molecule has 1 aromatic carbocycles. The van der Waals surface area contributed by atoms with E-state index in [1.165, 1.54) is 7.11 Å². The second kappa shape index (κ2) is 8.12. The van der Waals surface area contributed by atoms with Crippen molar-refractivity contribution < 1.29 is 14.6 Å². The van der Waals surface area contributed by atoms with Crippen LogP contribution in [-0.2, 0) is 0 Å². The summed E-state index contributed by atoms with van der Waals surface area (Å²) in [5.41, 5.74) is 1.34. The number of para-hydroxylation sites is 1. The molecular weight excluding hydrogens is 252 g/mol. The van der Waals surface area contributed by atoms with Crippen LogP contribution < -0.4 is 4.74 Å². The topological polar surface area (TPSA) is 46.5 Å². The van der Waals surface area contributed by atoms with E-state index in [9.17, 15) is 9.90 Å². The van der Waals surface area contributed by atoms with Gasteiger partial charge in [-0.1, -0.05) is 43.5 Å². The fraction of sp³-hybridized carbons (Fsp3) is 0.235. The third kappa shape index (κ3) is 4.52. The van der Waals surface area contributed by atoms with Gasteiger partial charge in [0, 0.05) is 6.42 Å². The summed E-state index contributed by atoms with van der Waals surface area (Å²) in [6.07, 6.45) is 4.71. The minimum Gasteiger partial charge on any atom is -0.496 e. The highest BCUT2D eigenvalue weighted by molar-refractivity contribution is 5.98. The molecule has 1 unspecified atom stereocenters. The highest BCUT2D eigenvalue weighted by Gasteiger charge is 2.16. The summed E-state index contributed by atoms with van der Waals surface area (Å²) in [6, 6.07) is 7.00. The van der Waals surface area contributed by atoms with Gasteiger partial charge in [-0.05, 0) is 24.1 Å². The SMILES string of the molecule is C=C/C=C(\C=C)CC(O)CC(=O)c1ccccc1OC. The molecule has 1 rings (SSSR count). The number of hydrogen-bond acceptors (Lipinski definition) is 3. The summed E-state index contributed by atoms with van der Waals surface area (Å²) in [5, 5.41) is 9.99. The second-order valence-corrected chi connectivity index (χ2v) is 4.37. The molecule has 3 heteroatoms. The summed E-state index contributed by atoms with van der Waals surface area (Å²) >= 11 is 0. The highest BCUT2D eigenvalue weighted by atomic mass is 16.5. The van der Waals surface area contributed by atoms with Crippen LogP contribution in [0.4, 0.5) is 0 Å². The molecular formula is C17H20O3. The van der Waals surface area contributed by atoms with Crippen LogP contribution in [0.2, 0.25) is 0 Å². The molecule has 0 heterocycles. The first kappa shape index (κ1) is 15.9. The molecule has 106 valence electrons.